The molecule has 0 spiro atoms. The van der Waals surface area contributed by atoms with Gasteiger partial charge in [0.1, 0.15) is 0 Å². The minimum atomic E-state index is -0.102. The van der Waals surface area contributed by atoms with Gasteiger partial charge in [0.15, 0.2) is 0 Å². The molecule has 2 aromatic heterocycles. The summed E-state index contributed by atoms with van der Waals surface area (Å²) in [5.74, 6) is 0.327. The van der Waals surface area contributed by atoms with Crippen molar-refractivity contribution in [2.75, 3.05) is 5.73 Å². The van der Waals surface area contributed by atoms with Crippen molar-refractivity contribution in [2.24, 2.45) is 0 Å². The van der Waals surface area contributed by atoms with Gasteiger partial charge in [0.25, 0.3) is 0 Å². The Morgan fingerprint density at radius 3 is 2.94 bits per heavy atom. The van der Waals surface area contributed by atoms with Crippen LogP contribution in [-0.2, 0) is 6.61 Å². The van der Waals surface area contributed by atoms with E-state index in [1.165, 1.54) is 0 Å². The van der Waals surface area contributed by atoms with Gasteiger partial charge in [-0.3, -0.25) is 0 Å². The highest BCUT2D eigenvalue weighted by Gasteiger charge is 2.08. The van der Waals surface area contributed by atoms with Gasteiger partial charge < -0.3 is 10.8 Å². The zero-order chi connectivity index (χ0) is 11.1. The molecule has 3 rings (SSSR count). The lowest BCUT2D eigenvalue weighted by atomic mass is 10.2. The lowest BCUT2D eigenvalue weighted by Gasteiger charge is -2.02. The second-order valence-corrected chi connectivity index (χ2v) is 3.58. The molecule has 0 atom stereocenters. The van der Waals surface area contributed by atoms with Crippen LogP contribution in [0.2, 0.25) is 0 Å². The van der Waals surface area contributed by atoms with Gasteiger partial charge in [-0.2, -0.15) is 9.61 Å². The highest BCUT2D eigenvalue weighted by Crippen LogP contribution is 2.21. The van der Waals surface area contributed by atoms with E-state index in [9.17, 15) is 0 Å². The first-order valence-electron chi connectivity index (χ1n) is 4.93. The van der Waals surface area contributed by atoms with Gasteiger partial charge in [-0.15, -0.1) is 0 Å². The van der Waals surface area contributed by atoms with Gasteiger partial charge >= 0.3 is 0 Å². The average Bonchev–Trinajstić information content (AvgIpc) is 2.74. The fourth-order valence-electron chi connectivity index (χ4n) is 1.83. The number of para-hydroxylation sites is 1. The quantitative estimate of drug-likeness (QED) is 0.632. The van der Waals surface area contributed by atoms with Gasteiger partial charge in [0.05, 0.1) is 23.3 Å². The Morgan fingerprint density at radius 2 is 2.12 bits per heavy atom. The van der Waals surface area contributed by atoms with Gasteiger partial charge in [-0.05, 0) is 12.1 Å². The minimum Gasteiger partial charge on any atom is -0.390 e. The zero-order valence-corrected chi connectivity index (χ0v) is 8.46. The third-order valence-corrected chi connectivity index (χ3v) is 2.55. The summed E-state index contributed by atoms with van der Waals surface area (Å²) < 4.78 is 1.55. The molecule has 0 saturated carbocycles. The van der Waals surface area contributed by atoms with Crippen LogP contribution in [0.3, 0.4) is 0 Å². The first-order valence-corrected chi connectivity index (χ1v) is 4.93. The number of nitrogen functional groups attached to an aromatic ring is 1. The summed E-state index contributed by atoms with van der Waals surface area (Å²) in [6.07, 6.45) is 0. The van der Waals surface area contributed by atoms with E-state index in [0.29, 0.717) is 11.6 Å². The molecule has 3 aromatic rings. The molecule has 5 nitrogen and oxygen atoms in total. The molecular weight excluding hydrogens is 204 g/mol. The largest absolute Gasteiger partial charge is 0.390 e. The van der Waals surface area contributed by atoms with E-state index in [4.69, 9.17) is 10.8 Å². The van der Waals surface area contributed by atoms with Crippen molar-refractivity contribution in [3.63, 3.8) is 0 Å². The second-order valence-electron chi connectivity index (χ2n) is 3.58. The standard InChI is InChI=1S/C11H10N4O/c12-11-13-9-4-2-1-3-8(9)10-5-7(6-16)14-15(10)11/h1-5,16H,6H2,(H2,12,13). The summed E-state index contributed by atoms with van der Waals surface area (Å²) in [5, 5.41) is 14.2. The molecule has 0 unspecified atom stereocenters. The Morgan fingerprint density at radius 1 is 1.31 bits per heavy atom. The molecule has 0 fully saturated rings. The number of hydrogen-bond acceptors (Lipinski definition) is 4. The molecule has 80 valence electrons. The molecule has 16 heavy (non-hydrogen) atoms. The van der Waals surface area contributed by atoms with Gasteiger partial charge in [0.2, 0.25) is 5.95 Å². The molecule has 1 aromatic carbocycles. The smallest absolute Gasteiger partial charge is 0.222 e. The Hall–Kier alpha value is -2.14. The van der Waals surface area contributed by atoms with E-state index in [1.54, 1.807) is 4.52 Å². The average molecular weight is 214 g/mol. The zero-order valence-electron chi connectivity index (χ0n) is 8.46. The van der Waals surface area contributed by atoms with Crippen LogP contribution < -0.4 is 5.73 Å². The van der Waals surface area contributed by atoms with E-state index in [1.807, 2.05) is 30.3 Å². The predicted octanol–water partition coefficient (Wildman–Crippen LogP) is 0.957. The lowest BCUT2D eigenvalue weighted by molar-refractivity contribution is 0.276. The third kappa shape index (κ3) is 1.15. The molecular formula is C11H10N4O. The number of anilines is 1. The topological polar surface area (TPSA) is 76.4 Å². The summed E-state index contributed by atoms with van der Waals surface area (Å²) in [7, 11) is 0. The summed E-state index contributed by atoms with van der Waals surface area (Å²) in [5.41, 5.74) is 8.08. The second kappa shape index (κ2) is 3.18. The van der Waals surface area contributed by atoms with Crippen LogP contribution >= 0.6 is 0 Å². The summed E-state index contributed by atoms with van der Waals surface area (Å²) in [6, 6.07) is 9.53. The molecule has 0 amide bonds. The van der Waals surface area contributed by atoms with E-state index in [0.717, 1.165) is 16.4 Å². The number of fused-ring (bicyclic) bond motifs is 3. The highest BCUT2D eigenvalue weighted by atomic mass is 16.3. The van der Waals surface area contributed by atoms with Crippen molar-refractivity contribution in [3.05, 3.63) is 36.0 Å². The fourth-order valence-corrected chi connectivity index (χ4v) is 1.83. The SMILES string of the molecule is Nc1nc2ccccc2c2cc(CO)nn12. The molecule has 0 aliphatic heterocycles. The Bertz CT molecular complexity index is 674. The Kier molecular flexibility index (Phi) is 1.81. The molecule has 2 heterocycles. The van der Waals surface area contributed by atoms with Crippen LogP contribution in [0.25, 0.3) is 16.4 Å². The number of aliphatic hydroxyl groups excluding tert-OH is 1. The monoisotopic (exact) mass is 214 g/mol. The Balaban J connectivity index is 2.52. The lowest BCUT2D eigenvalue weighted by Crippen LogP contribution is -2.02. The van der Waals surface area contributed by atoms with Crippen molar-refractivity contribution in [2.45, 2.75) is 6.61 Å². The van der Waals surface area contributed by atoms with Crippen LogP contribution in [-0.4, -0.2) is 19.7 Å². The molecule has 0 aliphatic rings. The number of nitrogens with two attached hydrogens (primary N) is 1. The van der Waals surface area contributed by atoms with Gasteiger partial charge in [0, 0.05) is 5.39 Å². The molecule has 0 aliphatic carbocycles. The molecule has 0 radical (unpaired) electrons. The molecule has 0 saturated heterocycles. The van der Waals surface area contributed by atoms with Crippen molar-refractivity contribution in [3.8, 4) is 0 Å². The number of rotatable bonds is 1. The first kappa shape index (κ1) is 9.11. The van der Waals surface area contributed by atoms with Crippen LogP contribution in [0.1, 0.15) is 5.69 Å². The van der Waals surface area contributed by atoms with Crippen molar-refractivity contribution >= 4 is 22.4 Å². The van der Waals surface area contributed by atoms with Crippen molar-refractivity contribution < 1.29 is 5.11 Å². The predicted molar refractivity (Wildman–Crippen MR) is 60.8 cm³/mol. The molecule has 0 bridgehead atoms. The number of benzene rings is 1. The van der Waals surface area contributed by atoms with E-state index in [2.05, 4.69) is 10.1 Å². The maximum absolute atomic E-state index is 9.06. The number of hydrogen-bond donors (Lipinski definition) is 2. The number of nitrogens with zero attached hydrogens (tertiary/aromatic N) is 3. The summed E-state index contributed by atoms with van der Waals surface area (Å²) in [4.78, 5) is 4.25. The van der Waals surface area contributed by atoms with E-state index >= 15 is 0 Å². The highest BCUT2D eigenvalue weighted by molar-refractivity contribution is 5.94. The van der Waals surface area contributed by atoms with Crippen molar-refractivity contribution in [1.82, 2.24) is 14.6 Å². The maximum atomic E-state index is 9.06. The first-order chi connectivity index (χ1) is 7.79. The fraction of sp³-hybridized carbons (Fsp3) is 0.0909. The van der Waals surface area contributed by atoms with Crippen molar-refractivity contribution in [1.29, 1.82) is 0 Å². The molecule has 3 N–H and O–H groups in total. The van der Waals surface area contributed by atoms with E-state index < -0.39 is 0 Å². The normalized spacial score (nSPS) is 11.3. The number of aromatic nitrogens is 3. The maximum Gasteiger partial charge on any atom is 0.222 e. The van der Waals surface area contributed by atoms with E-state index in [-0.39, 0.29) is 6.61 Å². The molecule has 5 heteroatoms. The number of aliphatic hydroxyl groups is 1. The summed E-state index contributed by atoms with van der Waals surface area (Å²) in [6.45, 7) is -0.102. The minimum absolute atomic E-state index is 0.102. The Labute approximate surface area is 91.1 Å². The third-order valence-electron chi connectivity index (χ3n) is 2.55. The van der Waals surface area contributed by atoms with Crippen LogP contribution in [0, 0.1) is 0 Å². The van der Waals surface area contributed by atoms with Gasteiger partial charge in [-0.25, -0.2) is 4.98 Å². The van der Waals surface area contributed by atoms with Crippen LogP contribution in [0.5, 0.6) is 0 Å². The van der Waals surface area contributed by atoms with Crippen LogP contribution in [0.4, 0.5) is 5.95 Å². The van der Waals surface area contributed by atoms with Crippen LogP contribution in [0.15, 0.2) is 30.3 Å². The van der Waals surface area contributed by atoms with Gasteiger partial charge in [-0.1, -0.05) is 18.2 Å². The summed E-state index contributed by atoms with van der Waals surface area (Å²) >= 11 is 0.